The van der Waals surface area contributed by atoms with Gasteiger partial charge in [-0.05, 0) is 49.7 Å². The topological polar surface area (TPSA) is 20.3 Å². The Morgan fingerprint density at radius 2 is 1.85 bits per heavy atom. The zero-order chi connectivity index (χ0) is 14.8. The molecule has 1 heterocycles. The van der Waals surface area contributed by atoms with Gasteiger partial charge in [-0.1, -0.05) is 32.9 Å². The maximum atomic E-state index is 11.8. The van der Waals surface area contributed by atoms with E-state index in [1.54, 1.807) is 6.92 Å². The van der Waals surface area contributed by atoms with E-state index in [-0.39, 0.29) is 5.78 Å². The lowest BCUT2D eigenvalue weighted by Crippen LogP contribution is -2.27. The predicted octanol–water partition coefficient (Wildman–Crippen LogP) is 4.54. The van der Waals surface area contributed by atoms with Crippen LogP contribution in [0.5, 0.6) is 0 Å². The lowest BCUT2D eigenvalue weighted by Gasteiger charge is -2.30. The molecule has 1 saturated heterocycles. The van der Waals surface area contributed by atoms with Crippen molar-refractivity contribution >= 4 is 11.5 Å². The van der Waals surface area contributed by atoms with Gasteiger partial charge in [0.2, 0.25) is 0 Å². The van der Waals surface area contributed by atoms with E-state index in [4.69, 9.17) is 0 Å². The quantitative estimate of drug-likeness (QED) is 0.737. The molecule has 1 aromatic carbocycles. The van der Waals surface area contributed by atoms with Gasteiger partial charge in [0.1, 0.15) is 0 Å². The fourth-order valence-corrected chi connectivity index (χ4v) is 3.25. The zero-order valence-corrected chi connectivity index (χ0v) is 13.3. The molecule has 0 radical (unpaired) electrons. The van der Waals surface area contributed by atoms with Crippen LogP contribution in [0.1, 0.15) is 57.3 Å². The third kappa shape index (κ3) is 3.41. The van der Waals surface area contributed by atoms with Crippen LogP contribution in [0.3, 0.4) is 0 Å². The summed E-state index contributed by atoms with van der Waals surface area (Å²) in [4.78, 5) is 14.2. The van der Waals surface area contributed by atoms with E-state index in [0.717, 1.165) is 30.3 Å². The van der Waals surface area contributed by atoms with E-state index in [1.165, 1.54) is 19.3 Å². The molecule has 0 aromatic heterocycles. The minimum absolute atomic E-state index is 0.164. The maximum Gasteiger partial charge on any atom is 0.161 e. The number of carbonyl (C=O) groups excluding carboxylic acids is 1. The molecule has 0 amide bonds. The van der Waals surface area contributed by atoms with Crippen molar-refractivity contribution in [1.29, 1.82) is 0 Å². The highest BCUT2D eigenvalue weighted by molar-refractivity contribution is 5.99. The third-order valence-corrected chi connectivity index (χ3v) is 4.58. The summed E-state index contributed by atoms with van der Waals surface area (Å²) in [6.07, 6.45) is 3.73. The van der Waals surface area contributed by atoms with Gasteiger partial charge in [0.25, 0.3) is 0 Å². The van der Waals surface area contributed by atoms with Crippen LogP contribution in [0.2, 0.25) is 0 Å². The van der Waals surface area contributed by atoms with Gasteiger partial charge in [-0.15, -0.1) is 0 Å². The van der Waals surface area contributed by atoms with E-state index in [9.17, 15) is 4.79 Å². The molecule has 2 rings (SSSR count). The molecule has 0 aliphatic carbocycles. The van der Waals surface area contributed by atoms with Crippen LogP contribution in [0.4, 0.5) is 5.69 Å². The van der Waals surface area contributed by atoms with Crippen molar-refractivity contribution in [2.24, 2.45) is 11.3 Å². The Bertz CT molecular complexity index is 473. The molecule has 1 aromatic rings. The van der Waals surface area contributed by atoms with Gasteiger partial charge in [-0.25, -0.2) is 0 Å². The Kier molecular flexibility index (Phi) is 4.52. The van der Waals surface area contributed by atoms with Gasteiger partial charge in [0.15, 0.2) is 5.78 Å². The van der Waals surface area contributed by atoms with Crippen molar-refractivity contribution < 1.29 is 4.79 Å². The molecule has 0 saturated carbocycles. The average Bonchev–Trinajstić information content (AvgIpc) is 2.63. The van der Waals surface area contributed by atoms with Crippen LogP contribution in [-0.4, -0.2) is 18.9 Å². The van der Waals surface area contributed by atoms with Crippen LogP contribution in [0.25, 0.3) is 0 Å². The van der Waals surface area contributed by atoms with Crippen molar-refractivity contribution in [2.45, 2.75) is 47.0 Å². The van der Waals surface area contributed by atoms with Crippen molar-refractivity contribution in [3.63, 3.8) is 0 Å². The van der Waals surface area contributed by atoms with Gasteiger partial charge in [0.05, 0.1) is 0 Å². The number of Topliss-reactive ketones (excluding diaryl/α,β-unsaturated/α-hetero) is 1. The molecule has 0 N–H and O–H groups in total. The highest BCUT2D eigenvalue weighted by Gasteiger charge is 2.27. The minimum atomic E-state index is 0.164. The SMILES string of the molecule is CC(=O)c1ccccc1N1CCCC(C(C)(C)C)CC1. The largest absolute Gasteiger partial charge is 0.371 e. The summed E-state index contributed by atoms with van der Waals surface area (Å²) in [7, 11) is 0. The summed E-state index contributed by atoms with van der Waals surface area (Å²) in [5.74, 6) is 0.939. The Balaban J connectivity index is 2.17. The van der Waals surface area contributed by atoms with Gasteiger partial charge in [0, 0.05) is 24.3 Å². The summed E-state index contributed by atoms with van der Waals surface area (Å²) >= 11 is 0. The van der Waals surface area contributed by atoms with Crippen molar-refractivity contribution in [3.05, 3.63) is 29.8 Å². The highest BCUT2D eigenvalue weighted by atomic mass is 16.1. The first-order valence-corrected chi connectivity index (χ1v) is 7.74. The Hall–Kier alpha value is -1.31. The van der Waals surface area contributed by atoms with E-state index in [0.29, 0.717) is 5.41 Å². The fraction of sp³-hybridized carbons (Fsp3) is 0.611. The van der Waals surface area contributed by atoms with Gasteiger partial charge >= 0.3 is 0 Å². The fourth-order valence-electron chi connectivity index (χ4n) is 3.25. The summed E-state index contributed by atoms with van der Waals surface area (Å²) in [6.45, 7) is 10.8. The van der Waals surface area contributed by atoms with E-state index < -0.39 is 0 Å². The van der Waals surface area contributed by atoms with E-state index in [1.807, 2.05) is 18.2 Å². The van der Waals surface area contributed by atoms with Crippen molar-refractivity contribution in [1.82, 2.24) is 0 Å². The Labute approximate surface area is 123 Å². The molecule has 1 fully saturated rings. The summed E-state index contributed by atoms with van der Waals surface area (Å²) < 4.78 is 0. The van der Waals surface area contributed by atoms with Crippen LogP contribution < -0.4 is 4.90 Å². The monoisotopic (exact) mass is 273 g/mol. The van der Waals surface area contributed by atoms with E-state index in [2.05, 4.69) is 31.7 Å². The average molecular weight is 273 g/mol. The molecule has 20 heavy (non-hydrogen) atoms. The number of nitrogens with zero attached hydrogens (tertiary/aromatic N) is 1. The van der Waals surface area contributed by atoms with Gasteiger partial charge in [-0.2, -0.15) is 0 Å². The molecule has 2 nitrogen and oxygen atoms in total. The third-order valence-electron chi connectivity index (χ3n) is 4.58. The van der Waals surface area contributed by atoms with Crippen molar-refractivity contribution in [2.75, 3.05) is 18.0 Å². The number of ketones is 1. The van der Waals surface area contributed by atoms with Gasteiger partial charge < -0.3 is 4.90 Å². The highest BCUT2D eigenvalue weighted by Crippen LogP contribution is 2.35. The number of anilines is 1. The first-order chi connectivity index (χ1) is 9.39. The summed E-state index contributed by atoms with van der Waals surface area (Å²) in [6, 6.07) is 8.03. The number of carbonyl (C=O) groups is 1. The predicted molar refractivity (Wildman–Crippen MR) is 85.5 cm³/mol. The molecule has 0 spiro atoms. The van der Waals surface area contributed by atoms with E-state index >= 15 is 0 Å². The lowest BCUT2D eigenvalue weighted by atomic mass is 9.77. The number of rotatable bonds is 2. The minimum Gasteiger partial charge on any atom is -0.371 e. The molecular formula is C18H27NO. The molecule has 1 unspecified atom stereocenters. The van der Waals surface area contributed by atoms with Crippen LogP contribution >= 0.6 is 0 Å². The Morgan fingerprint density at radius 1 is 1.15 bits per heavy atom. The molecular weight excluding hydrogens is 246 g/mol. The molecule has 1 atom stereocenters. The normalized spacial score (nSPS) is 20.6. The zero-order valence-electron chi connectivity index (χ0n) is 13.3. The van der Waals surface area contributed by atoms with Crippen molar-refractivity contribution in [3.8, 4) is 0 Å². The number of benzene rings is 1. The standard InChI is InChI=1S/C18H27NO/c1-14(20)16-9-5-6-10-17(16)19-12-7-8-15(11-13-19)18(2,3)4/h5-6,9-10,15H,7-8,11-13H2,1-4H3. The maximum absolute atomic E-state index is 11.8. The number of hydrogen-bond donors (Lipinski definition) is 0. The molecule has 1 aliphatic heterocycles. The second-order valence-electron chi connectivity index (χ2n) is 7.05. The summed E-state index contributed by atoms with van der Waals surface area (Å²) in [5.41, 5.74) is 2.37. The smallest absolute Gasteiger partial charge is 0.161 e. The van der Waals surface area contributed by atoms with Crippen LogP contribution in [0.15, 0.2) is 24.3 Å². The van der Waals surface area contributed by atoms with Crippen LogP contribution in [-0.2, 0) is 0 Å². The van der Waals surface area contributed by atoms with Gasteiger partial charge in [-0.3, -0.25) is 4.79 Å². The second-order valence-corrected chi connectivity index (χ2v) is 7.05. The molecule has 110 valence electrons. The Morgan fingerprint density at radius 3 is 2.50 bits per heavy atom. The second kappa shape index (κ2) is 5.99. The molecule has 0 bridgehead atoms. The summed E-state index contributed by atoms with van der Waals surface area (Å²) in [5, 5.41) is 0. The molecule has 1 aliphatic rings. The molecule has 2 heteroatoms. The number of para-hydroxylation sites is 1. The first kappa shape index (κ1) is 15.1. The lowest BCUT2D eigenvalue weighted by molar-refractivity contribution is 0.101. The first-order valence-electron chi connectivity index (χ1n) is 7.74. The van der Waals surface area contributed by atoms with Crippen LogP contribution in [0, 0.1) is 11.3 Å². The number of hydrogen-bond acceptors (Lipinski definition) is 2.